The van der Waals surface area contributed by atoms with Crippen LogP contribution >= 0.6 is 11.6 Å². The minimum Gasteiger partial charge on any atom is -0.354 e. The van der Waals surface area contributed by atoms with Crippen LogP contribution in [0, 0.1) is 5.41 Å². The molecule has 0 saturated carbocycles. The zero-order valence-corrected chi connectivity index (χ0v) is 12.3. The lowest BCUT2D eigenvalue weighted by atomic mass is 9.95. The summed E-state index contributed by atoms with van der Waals surface area (Å²) in [5.74, 6) is 1.74. The van der Waals surface area contributed by atoms with Gasteiger partial charge in [-0.15, -0.1) is 11.6 Å². The van der Waals surface area contributed by atoms with E-state index in [4.69, 9.17) is 11.6 Å². The van der Waals surface area contributed by atoms with E-state index in [9.17, 15) is 4.79 Å². The third-order valence-corrected chi connectivity index (χ3v) is 3.52. The molecule has 0 radical (unpaired) electrons. The van der Waals surface area contributed by atoms with Crippen LogP contribution in [0.2, 0.25) is 0 Å². The topological polar surface area (TPSA) is 46.9 Å². The van der Waals surface area contributed by atoms with Crippen LogP contribution in [0.5, 0.6) is 0 Å². The van der Waals surface area contributed by atoms with Gasteiger partial charge in [-0.2, -0.15) is 0 Å². The second kappa shape index (κ2) is 6.23. The van der Waals surface area contributed by atoms with Crippen LogP contribution < -0.4 is 5.32 Å². The van der Waals surface area contributed by atoms with E-state index >= 15 is 0 Å². The van der Waals surface area contributed by atoms with E-state index < -0.39 is 5.41 Å². The van der Waals surface area contributed by atoms with Gasteiger partial charge in [0.25, 0.3) is 0 Å². The first-order valence-electron chi connectivity index (χ1n) is 6.24. The molecule has 0 saturated heterocycles. The second-order valence-electron chi connectivity index (χ2n) is 5.41. The van der Waals surface area contributed by atoms with Crippen molar-refractivity contribution >= 4 is 17.5 Å². The number of aromatic nitrogens is 2. The van der Waals surface area contributed by atoms with E-state index in [1.165, 1.54) is 0 Å². The van der Waals surface area contributed by atoms with E-state index in [1.54, 1.807) is 6.20 Å². The fourth-order valence-corrected chi connectivity index (χ4v) is 1.72. The van der Waals surface area contributed by atoms with E-state index in [2.05, 4.69) is 28.7 Å². The average Bonchev–Trinajstić information content (AvgIpc) is 2.77. The Kier molecular flexibility index (Phi) is 5.20. The van der Waals surface area contributed by atoms with E-state index in [-0.39, 0.29) is 5.91 Å². The van der Waals surface area contributed by atoms with Crippen molar-refractivity contribution in [2.24, 2.45) is 5.41 Å². The number of hydrogen-bond donors (Lipinski definition) is 1. The Hall–Kier alpha value is -1.03. The average molecular weight is 272 g/mol. The number of nitrogens with one attached hydrogen (secondary N) is 1. The SMILES string of the molecule is CC(C)c1nccn1CCNC(=O)C(C)(C)CCl. The first-order chi connectivity index (χ1) is 8.38. The van der Waals surface area contributed by atoms with Gasteiger partial charge in [0.05, 0.1) is 5.41 Å². The number of amides is 1. The molecule has 0 spiro atoms. The number of rotatable bonds is 6. The van der Waals surface area contributed by atoms with Crippen LogP contribution in [-0.2, 0) is 11.3 Å². The molecule has 1 amide bonds. The van der Waals surface area contributed by atoms with Gasteiger partial charge in [0, 0.05) is 37.3 Å². The summed E-state index contributed by atoms with van der Waals surface area (Å²) in [4.78, 5) is 16.1. The molecule has 0 bridgehead atoms. The molecule has 18 heavy (non-hydrogen) atoms. The summed E-state index contributed by atoms with van der Waals surface area (Å²) in [6, 6.07) is 0. The number of carbonyl (C=O) groups is 1. The van der Waals surface area contributed by atoms with Gasteiger partial charge in [-0.25, -0.2) is 4.98 Å². The summed E-state index contributed by atoms with van der Waals surface area (Å²) in [6.07, 6.45) is 3.73. The standard InChI is InChI=1S/C13H22ClN3O/c1-10(2)11-15-5-7-17(11)8-6-16-12(18)13(3,4)9-14/h5,7,10H,6,8-9H2,1-4H3,(H,16,18). The molecule has 0 fully saturated rings. The Bertz CT molecular complexity index is 399. The Morgan fingerprint density at radius 1 is 1.56 bits per heavy atom. The molecule has 1 rings (SSSR count). The molecular formula is C13H22ClN3O. The maximum atomic E-state index is 11.8. The highest BCUT2D eigenvalue weighted by molar-refractivity contribution is 6.19. The van der Waals surface area contributed by atoms with Crippen LogP contribution in [0.1, 0.15) is 39.4 Å². The Morgan fingerprint density at radius 2 is 2.22 bits per heavy atom. The monoisotopic (exact) mass is 271 g/mol. The summed E-state index contributed by atoms with van der Waals surface area (Å²) in [7, 11) is 0. The van der Waals surface area contributed by atoms with Crippen molar-refractivity contribution in [2.45, 2.75) is 40.2 Å². The van der Waals surface area contributed by atoms with Crippen LogP contribution in [0.3, 0.4) is 0 Å². The number of halogens is 1. The molecule has 0 aliphatic carbocycles. The molecule has 1 aromatic heterocycles. The summed E-state index contributed by atoms with van der Waals surface area (Å²) in [5, 5.41) is 2.91. The Balaban J connectivity index is 2.47. The van der Waals surface area contributed by atoms with Gasteiger partial charge in [-0.3, -0.25) is 4.79 Å². The molecule has 4 nitrogen and oxygen atoms in total. The molecule has 5 heteroatoms. The van der Waals surface area contributed by atoms with E-state index in [1.807, 2.05) is 20.0 Å². The summed E-state index contributed by atoms with van der Waals surface area (Å²) in [5.41, 5.74) is -0.516. The number of imidazole rings is 1. The fourth-order valence-electron chi connectivity index (χ4n) is 1.60. The second-order valence-corrected chi connectivity index (χ2v) is 5.67. The molecule has 1 heterocycles. The minimum absolute atomic E-state index is 0.0105. The summed E-state index contributed by atoms with van der Waals surface area (Å²) >= 11 is 5.76. The third-order valence-electron chi connectivity index (χ3n) is 2.85. The highest BCUT2D eigenvalue weighted by Crippen LogP contribution is 2.16. The Morgan fingerprint density at radius 3 is 2.78 bits per heavy atom. The zero-order chi connectivity index (χ0) is 13.8. The van der Waals surface area contributed by atoms with E-state index in [0.29, 0.717) is 18.3 Å². The first kappa shape index (κ1) is 15.0. The van der Waals surface area contributed by atoms with Gasteiger partial charge >= 0.3 is 0 Å². The van der Waals surface area contributed by atoms with Crippen molar-refractivity contribution in [1.82, 2.24) is 14.9 Å². The fraction of sp³-hybridized carbons (Fsp3) is 0.692. The smallest absolute Gasteiger partial charge is 0.226 e. The molecule has 1 N–H and O–H groups in total. The number of hydrogen-bond acceptors (Lipinski definition) is 2. The highest BCUT2D eigenvalue weighted by Gasteiger charge is 2.25. The number of nitrogens with zero attached hydrogens (tertiary/aromatic N) is 2. The highest BCUT2D eigenvalue weighted by atomic mass is 35.5. The van der Waals surface area contributed by atoms with Crippen molar-refractivity contribution in [3.63, 3.8) is 0 Å². The molecule has 0 unspecified atom stereocenters. The lowest BCUT2D eigenvalue weighted by molar-refractivity contribution is -0.128. The van der Waals surface area contributed by atoms with Gasteiger partial charge in [-0.1, -0.05) is 13.8 Å². The Labute approximate surface area is 114 Å². The molecule has 0 atom stereocenters. The van der Waals surface area contributed by atoms with Gasteiger partial charge in [0.1, 0.15) is 5.82 Å². The van der Waals surface area contributed by atoms with Crippen molar-refractivity contribution < 1.29 is 4.79 Å². The molecular weight excluding hydrogens is 250 g/mol. The summed E-state index contributed by atoms with van der Waals surface area (Å²) < 4.78 is 2.07. The lowest BCUT2D eigenvalue weighted by Crippen LogP contribution is -2.39. The van der Waals surface area contributed by atoms with Crippen LogP contribution in [0.25, 0.3) is 0 Å². The van der Waals surface area contributed by atoms with Crippen LogP contribution in [0.4, 0.5) is 0 Å². The predicted molar refractivity (Wildman–Crippen MR) is 73.8 cm³/mol. The third kappa shape index (κ3) is 3.73. The van der Waals surface area contributed by atoms with Crippen LogP contribution in [0.15, 0.2) is 12.4 Å². The molecule has 0 aliphatic rings. The molecule has 102 valence electrons. The minimum atomic E-state index is -0.516. The summed E-state index contributed by atoms with van der Waals surface area (Å²) in [6.45, 7) is 9.22. The van der Waals surface area contributed by atoms with E-state index in [0.717, 1.165) is 12.4 Å². The van der Waals surface area contributed by atoms with Gasteiger partial charge in [-0.05, 0) is 13.8 Å². The number of carbonyl (C=O) groups excluding carboxylic acids is 1. The predicted octanol–water partition coefficient (Wildman–Crippen LogP) is 2.39. The normalized spacial score (nSPS) is 11.9. The molecule has 1 aromatic rings. The first-order valence-corrected chi connectivity index (χ1v) is 6.77. The molecule has 0 aromatic carbocycles. The number of alkyl halides is 1. The van der Waals surface area contributed by atoms with Crippen molar-refractivity contribution in [1.29, 1.82) is 0 Å². The van der Waals surface area contributed by atoms with Crippen LogP contribution in [-0.4, -0.2) is 27.9 Å². The molecule has 0 aliphatic heterocycles. The largest absolute Gasteiger partial charge is 0.354 e. The quantitative estimate of drug-likeness (QED) is 0.808. The van der Waals surface area contributed by atoms with Crippen molar-refractivity contribution in [3.8, 4) is 0 Å². The maximum Gasteiger partial charge on any atom is 0.226 e. The van der Waals surface area contributed by atoms with Gasteiger partial charge < -0.3 is 9.88 Å². The zero-order valence-electron chi connectivity index (χ0n) is 11.5. The lowest BCUT2D eigenvalue weighted by Gasteiger charge is -2.20. The van der Waals surface area contributed by atoms with Gasteiger partial charge in [0.15, 0.2) is 0 Å². The maximum absolute atomic E-state index is 11.8. The van der Waals surface area contributed by atoms with Crippen molar-refractivity contribution in [3.05, 3.63) is 18.2 Å². The van der Waals surface area contributed by atoms with Crippen molar-refractivity contribution in [2.75, 3.05) is 12.4 Å². The van der Waals surface area contributed by atoms with Gasteiger partial charge in [0.2, 0.25) is 5.91 Å².